The monoisotopic (exact) mass is 1010 g/mol. The van der Waals surface area contributed by atoms with Crippen molar-refractivity contribution in [1.82, 2.24) is 20.5 Å². The van der Waals surface area contributed by atoms with Crippen LogP contribution in [0.3, 0.4) is 0 Å². The molecule has 0 aliphatic carbocycles. The maximum Gasteiger partial charge on any atom is 0.417 e. The molecule has 71 heavy (non-hydrogen) atoms. The number of carbonyl (C=O) groups is 4. The first-order chi connectivity index (χ1) is 33.7. The highest BCUT2D eigenvalue weighted by Crippen LogP contribution is 2.37. The lowest BCUT2D eigenvalue weighted by Crippen LogP contribution is -2.58. The van der Waals surface area contributed by atoms with Crippen molar-refractivity contribution in [2.24, 2.45) is 5.41 Å². The van der Waals surface area contributed by atoms with Crippen LogP contribution in [0.2, 0.25) is 0 Å². The Bertz CT molecular complexity index is 2830. The molecule has 20 heteroatoms. The average Bonchev–Trinajstić information content (AvgIpc) is 4.04. The Morgan fingerprint density at radius 1 is 0.972 bits per heavy atom. The Balaban J connectivity index is 0.837. The predicted octanol–water partition coefficient (Wildman–Crippen LogP) is 7.94. The molecule has 2 saturated heterocycles. The number of thiocarbonyl (C=S) groups is 1. The van der Waals surface area contributed by atoms with E-state index in [1.807, 2.05) is 31.2 Å². The van der Waals surface area contributed by atoms with Gasteiger partial charge < -0.3 is 35.0 Å². The molecule has 0 saturated carbocycles. The third-order valence-electron chi connectivity index (χ3n) is 12.0. The molecule has 5 aromatic rings. The number of β-amino-alcohol motifs (C(OH)–C–C–N with tert-alkyl or cyclic N) is 1. The van der Waals surface area contributed by atoms with Gasteiger partial charge in [0.15, 0.2) is 5.11 Å². The molecule has 3 N–H and O–H groups in total. The number of nitriles is 1. The fourth-order valence-electron chi connectivity index (χ4n) is 8.25. The second kappa shape index (κ2) is 22.1. The lowest BCUT2D eigenvalue weighted by molar-refractivity contribution is -0.144. The molecule has 0 spiro atoms. The summed E-state index contributed by atoms with van der Waals surface area (Å²) in [6.07, 6.45) is -4.65. The molecule has 3 heterocycles. The lowest BCUT2D eigenvalue weighted by atomic mass is 9.85. The number of aromatic nitrogens is 1. The highest BCUT2D eigenvalue weighted by Gasteiger charge is 2.45. The van der Waals surface area contributed by atoms with E-state index in [9.17, 15) is 37.5 Å². The molecule has 4 aromatic carbocycles. The van der Waals surface area contributed by atoms with Gasteiger partial charge in [-0.05, 0) is 96.6 Å². The summed E-state index contributed by atoms with van der Waals surface area (Å²) in [5, 5.41) is 25.3. The van der Waals surface area contributed by atoms with Crippen molar-refractivity contribution in [3.05, 3.63) is 119 Å². The number of likely N-dealkylation sites (tertiary alicyclic amines) is 1. The largest absolute Gasteiger partial charge is 0.493 e. The van der Waals surface area contributed by atoms with Gasteiger partial charge in [0.2, 0.25) is 17.7 Å². The Kier molecular flexibility index (Phi) is 16.2. The minimum absolute atomic E-state index is 0.0555. The Hall–Kier alpha value is -6.79. The number of amides is 4. The van der Waals surface area contributed by atoms with Crippen molar-refractivity contribution in [2.75, 3.05) is 42.7 Å². The quantitative estimate of drug-likeness (QED) is 0.0468. The number of aliphatic hydroxyl groups is 1. The Labute approximate surface area is 417 Å². The van der Waals surface area contributed by atoms with Crippen molar-refractivity contribution in [3.63, 3.8) is 0 Å². The molecule has 0 unspecified atom stereocenters. The van der Waals surface area contributed by atoms with E-state index < -0.39 is 70.4 Å². The number of carbonyl (C=O) groups excluding carboxylic acids is 4. The second-order valence-electron chi connectivity index (χ2n) is 18.2. The normalized spacial score (nSPS) is 16.5. The van der Waals surface area contributed by atoms with Gasteiger partial charge >= 0.3 is 6.18 Å². The number of thiazole rings is 1. The first-order valence-corrected chi connectivity index (χ1v) is 23.9. The van der Waals surface area contributed by atoms with Crippen molar-refractivity contribution >= 4 is 63.7 Å². The van der Waals surface area contributed by atoms with Gasteiger partial charge in [0.1, 0.15) is 36.8 Å². The summed E-state index contributed by atoms with van der Waals surface area (Å²) in [6.45, 7) is 7.36. The van der Waals surface area contributed by atoms with Crippen molar-refractivity contribution < 1.29 is 51.3 Å². The summed E-state index contributed by atoms with van der Waals surface area (Å²) in [7, 11) is 0. The van der Waals surface area contributed by atoms with Gasteiger partial charge in [-0.1, -0.05) is 57.2 Å². The van der Waals surface area contributed by atoms with Crippen LogP contribution in [-0.2, 0) is 36.6 Å². The van der Waals surface area contributed by atoms with Gasteiger partial charge in [0.05, 0.1) is 51.7 Å². The molecule has 2 aliphatic heterocycles. The Morgan fingerprint density at radius 2 is 1.66 bits per heavy atom. The number of halogens is 4. The molecule has 7 rings (SSSR count). The number of alkyl halides is 3. The summed E-state index contributed by atoms with van der Waals surface area (Å²) in [5.74, 6) is -2.25. The van der Waals surface area contributed by atoms with E-state index in [4.69, 9.17) is 27.0 Å². The number of hydrogen-bond acceptors (Lipinski definition) is 11. The number of nitrogens with zero attached hydrogens (tertiary/aromatic N) is 5. The third-order valence-corrected chi connectivity index (χ3v) is 13.4. The van der Waals surface area contributed by atoms with E-state index in [0.29, 0.717) is 24.1 Å². The fourth-order valence-corrected chi connectivity index (χ4v) is 9.43. The SMILES string of the molecule is Cc1ncsc1-c1ccc(CNC(=O)[C@@H]2C[C@@H](O)CN2C(=O)[C@@H](NC(=O)COCCCCOc2ccc(-c3ccc(N4CC(=O)N(c5ccc(C#N)c(C(F)(F)F)c5)C4=S)cc3)c(F)c2)C(C)(C)C)cc1. The van der Waals surface area contributed by atoms with Crippen molar-refractivity contribution in [1.29, 1.82) is 5.26 Å². The van der Waals surface area contributed by atoms with E-state index in [-0.39, 0.29) is 68.0 Å². The predicted molar refractivity (Wildman–Crippen MR) is 263 cm³/mol. The molecular weight excluding hydrogens is 963 g/mol. The van der Waals surface area contributed by atoms with E-state index in [1.165, 1.54) is 28.0 Å². The van der Waals surface area contributed by atoms with Gasteiger partial charge in [0.25, 0.3) is 5.91 Å². The Morgan fingerprint density at radius 3 is 2.31 bits per heavy atom. The van der Waals surface area contributed by atoms with E-state index in [2.05, 4.69) is 15.6 Å². The number of rotatable bonds is 17. The zero-order chi connectivity index (χ0) is 51.2. The molecular formula is C51H51F4N7O7S2. The van der Waals surface area contributed by atoms with E-state index in [1.54, 1.807) is 74.0 Å². The molecule has 2 aliphatic rings. The highest BCUT2D eigenvalue weighted by atomic mass is 32.1. The molecule has 0 radical (unpaired) electrons. The summed E-state index contributed by atoms with van der Waals surface area (Å²) in [5.41, 5.74) is 3.22. The van der Waals surface area contributed by atoms with Gasteiger partial charge in [-0.15, -0.1) is 11.3 Å². The standard InChI is InChI=1S/C51H51F4N7O7S2/c1-30-45(71-29-58-30)33-9-7-31(8-10-33)25-57-47(66)42-22-37(63)26-61(42)48(67)46(50(2,3)4)59-43(64)28-68-19-5-6-20-69-38-17-18-39(41(52)23-38)32-11-14-35(15-12-32)60-27-44(65)62(49(60)70)36-16-13-34(24-56)40(21-36)51(53,54)55/h7-18,21,23,29,37,42,46,63H,5-6,19-20,22,25-28H2,1-4H3,(H,57,66)(H,59,64)/t37-,42+,46-/m1/s1. The first kappa shape index (κ1) is 52.0. The zero-order valence-electron chi connectivity index (χ0n) is 39.2. The highest BCUT2D eigenvalue weighted by molar-refractivity contribution is 7.81. The van der Waals surface area contributed by atoms with Crippen LogP contribution in [0.15, 0.2) is 90.4 Å². The van der Waals surface area contributed by atoms with Crippen LogP contribution in [0, 0.1) is 29.5 Å². The minimum Gasteiger partial charge on any atom is -0.493 e. The van der Waals surface area contributed by atoms with Gasteiger partial charge in [-0.3, -0.25) is 24.1 Å². The van der Waals surface area contributed by atoms with Crippen LogP contribution in [0.25, 0.3) is 21.6 Å². The maximum atomic E-state index is 15.4. The second-order valence-corrected chi connectivity index (χ2v) is 19.4. The van der Waals surface area contributed by atoms with Crippen LogP contribution in [0.1, 0.15) is 62.4 Å². The number of unbranched alkanes of at least 4 members (excludes halogenated alkanes) is 1. The number of aryl methyl sites for hydroxylation is 1. The minimum atomic E-state index is -4.82. The number of nitrogens with one attached hydrogen (secondary N) is 2. The number of aliphatic hydroxyl groups excluding tert-OH is 1. The van der Waals surface area contributed by atoms with Gasteiger partial charge in [-0.2, -0.15) is 18.4 Å². The molecule has 2 fully saturated rings. The molecule has 372 valence electrons. The number of hydrogen-bond donors (Lipinski definition) is 3. The van der Waals surface area contributed by atoms with Crippen LogP contribution >= 0.6 is 23.6 Å². The summed E-state index contributed by atoms with van der Waals surface area (Å²) in [4.78, 5) is 62.6. The molecule has 14 nitrogen and oxygen atoms in total. The smallest absolute Gasteiger partial charge is 0.417 e. The van der Waals surface area contributed by atoms with Crippen LogP contribution in [0.5, 0.6) is 5.75 Å². The average molecular weight is 1010 g/mol. The summed E-state index contributed by atoms with van der Waals surface area (Å²) < 4.78 is 67.6. The first-order valence-electron chi connectivity index (χ1n) is 22.6. The molecule has 0 bridgehead atoms. The lowest BCUT2D eigenvalue weighted by Gasteiger charge is -2.35. The van der Waals surface area contributed by atoms with Gasteiger partial charge in [0, 0.05) is 43.4 Å². The van der Waals surface area contributed by atoms with Crippen molar-refractivity contribution in [2.45, 2.75) is 77.9 Å². The van der Waals surface area contributed by atoms with Crippen LogP contribution < -0.4 is 25.2 Å². The number of benzene rings is 4. The number of anilines is 2. The van der Waals surface area contributed by atoms with Crippen LogP contribution in [-0.4, -0.2) is 94.8 Å². The molecule has 3 atom stereocenters. The van der Waals surface area contributed by atoms with E-state index in [0.717, 1.165) is 38.7 Å². The van der Waals surface area contributed by atoms with Crippen molar-refractivity contribution in [3.8, 4) is 33.4 Å². The summed E-state index contributed by atoms with van der Waals surface area (Å²) in [6, 6.07) is 21.2. The maximum absolute atomic E-state index is 15.4. The van der Waals surface area contributed by atoms with Crippen LogP contribution in [0.4, 0.5) is 28.9 Å². The van der Waals surface area contributed by atoms with Gasteiger partial charge in [-0.25, -0.2) is 9.37 Å². The number of ether oxygens (including phenoxy) is 2. The summed E-state index contributed by atoms with van der Waals surface area (Å²) >= 11 is 7.03. The van der Waals surface area contributed by atoms with E-state index >= 15 is 4.39 Å². The zero-order valence-corrected chi connectivity index (χ0v) is 40.9. The fraction of sp³-hybridized carbons (Fsp3) is 0.353. The third kappa shape index (κ3) is 12.4. The molecule has 1 aromatic heterocycles. The topological polar surface area (TPSA) is 177 Å². The molecule has 4 amide bonds.